The van der Waals surface area contributed by atoms with Gasteiger partial charge in [0.15, 0.2) is 11.4 Å². The van der Waals surface area contributed by atoms with Crippen LogP contribution in [0.5, 0.6) is 0 Å². The molecular weight excluding hydrogens is 420 g/mol. The highest BCUT2D eigenvalue weighted by atomic mass is 16.5. The number of carbonyl (C=O) groups is 2. The number of para-hydroxylation sites is 1. The molecule has 0 atom stereocenters. The average Bonchev–Trinajstić information content (AvgIpc) is 3.48. The molecule has 1 saturated carbocycles. The van der Waals surface area contributed by atoms with Gasteiger partial charge >= 0.3 is 0 Å². The Morgan fingerprint density at radius 1 is 1.21 bits per heavy atom. The molecule has 2 N–H and O–H groups in total. The van der Waals surface area contributed by atoms with Gasteiger partial charge in [-0.05, 0) is 37.7 Å². The third-order valence-electron chi connectivity index (χ3n) is 7.39. The SMILES string of the molecule is Cn1nc(C(=O)NCC2CC2)c2c1CC1(CCN(C(=O)c3n[nH]c4ccccc34)CC1)OC2. The normalized spacial score (nSPS) is 19.6. The number of hydrogen-bond donors (Lipinski definition) is 2. The summed E-state index contributed by atoms with van der Waals surface area (Å²) in [5.74, 6) is 0.472. The van der Waals surface area contributed by atoms with Crippen LogP contribution < -0.4 is 5.32 Å². The quantitative estimate of drug-likeness (QED) is 0.637. The van der Waals surface area contributed by atoms with Crippen LogP contribution in [0.3, 0.4) is 0 Å². The van der Waals surface area contributed by atoms with Crippen LogP contribution in [0.15, 0.2) is 24.3 Å². The molecule has 1 aromatic carbocycles. The first kappa shape index (κ1) is 20.4. The lowest BCUT2D eigenvalue weighted by Crippen LogP contribution is -2.50. The van der Waals surface area contributed by atoms with Gasteiger partial charge in [0, 0.05) is 49.7 Å². The zero-order valence-electron chi connectivity index (χ0n) is 18.8. The number of nitrogens with one attached hydrogen (secondary N) is 2. The van der Waals surface area contributed by atoms with Gasteiger partial charge in [0.05, 0.1) is 17.7 Å². The van der Waals surface area contributed by atoms with Gasteiger partial charge in [0.1, 0.15) is 0 Å². The monoisotopic (exact) mass is 448 g/mol. The molecule has 2 aromatic heterocycles. The molecule has 2 aliphatic heterocycles. The Bertz CT molecular complexity index is 1230. The number of nitrogens with zero attached hydrogens (tertiary/aromatic N) is 4. The van der Waals surface area contributed by atoms with Crippen molar-refractivity contribution < 1.29 is 14.3 Å². The largest absolute Gasteiger partial charge is 0.370 e. The second-order valence-electron chi connectivity index (χ2n) is 9.61. The van der Waals surface area contributed by atoms with E-state index in [0.29, 0.717) is 43.4 Å². The Labute approximate surface area is 191 Å². The van der Waals surface area contributed by atoms with Crippen LogP contribution in [0.2, 0.25) is 0 Å². The van der Waals surface area contributed by atoms with Gasteiger partial charge in [0.25, 0.3) is 11.8 Å². The number of benzene rings is 1. The highest BCUT2D eigenvalue weighted by molar-refractivity contribution is 6.04. The van der Waals surface area contributed by atoms with E-state index < -0.39 is 0 Å². The Morgan fingerprint density at radius 3 is 2.79 bits per heavy atom. The summed E-state index contributed by atoms with van der Waals surface area (Å²) >= 11 is 0. The van der Waals surface area contributed by atoms with Crippen molar-refractivity contribution in [3.05, 3.63) is 46.9 Å². The number of fused-ring (bicyclic) bond motifs is 2. The minimum absolute atomic E-state index is 0.0473. The maximum Gasteiger partial charge on any atom is 0.274 e. The number of ether oxygens (including phenoxy) is 1. The molecule has 3 aromatic rings. The van der Waals surface area contributed by atoms with Gasteiger partial charge in [-0.25, -0.2) is 0 Å². The number of aromatic nitrogens is 4. The van der Waals surface area contributed by atoms with E-state index >= 15 is 0 Å². The number of amides is 2. The van der Waals surface area contributed by atoms with Crippen molar-refractivity contribution >= 4 is 22.7 Å². The molecule has 0 radical (unpaired) electrons. The number of hydrogen-bond acceptors (Lipinski definition) is 5. The standard InChI is InChI=1S/C24H28N6O3/c1-29-19-12-24(33-14-17(19)20(28-29)22(31)25-13-15-6-7-15)8-10-30(11-9-24)23(32)21-16-4-2-3-5-18(16)26-27-21/h2-5,15H,6-14H2,1H3,(H,25,31)(H,26,27). The van der Waals surface area contributed by atoms with Crippen LogP contribution in [0.1, 0.15) is 57.9 Å². The van der Waals surface area contributed by atoms with Gasteiger partial charge in [-0.2, -0.15) is 10.2 Å². The van der Waals surface area contributed by atoms with Crippen molar-refractivity contribution in [2.45, 2.75) is 44.3 Å². The molecule has 6 rings (SSSR count). The van der Waals surface area contributed by atoms with E-state index in [9.17, 15) is 9.59 Å². The predicted molar refractivity (Wildman–Crippen MR) is 121 cm³/mol. The van der Waals surface area contributed by atoms with E-state index in [0.717, 1.165) is 41.5 Å². The summed E-state index contributed by atoms with van der Waals surface area (Å²) < 4.78 is 8.20. The van der Waals surface area contributed by atoms with Crippen LogP contribution in [0.4, 0.5) is 0 Å². The summed E-state index contributed by atoms with van der Waals surface area (Å²) in [7, 11) is 1.90. The van der Waals surface area contributed by atoms with E-state index in [2.05, 4.69) is 20.6 Å². The van der Waals surface area contributed by atoms with Gasteiger partial charge in [-0.15, -0.1) is 0 Å². The summed E-state index contributed by atoms with van der Waals surface area (Å²) in [6.07, 6.45) is 4.59. The number of piperidine rings is 1. The van der Waals surface area contributed by atoms with Crippen LogP contribution in [-0.2, 0) is 24.8 Å². The van der Waals surface area contributed by atoms with Gasteiger partial charge < -0.3 is 15.0 Å². The summed E-state index contributed by atoms with van der Waals surface area (Å²) in [6.45, 7) is 2.33. The first-order valence-electron chi connectivity index (χ1n) is 11.7. The Hall–Kier alpha value is -3.20. The lowest BCUT2D eigenvalue weighted by atomic mass is 9.83. The minimum atomic E-state index is -0.326. The Kier molecular flexibility index (Phi) is 4.76. The molecule has 1 spiro atoms. The van der Waals surface area contributed by atoms with Gasteiger partial charge in [0.2, 0.25) is 0 Å². The van der Waals surface area contributed by atoms with Crippen LogP contribution in [-0.4, -0.2) is 61.9 Å². The van der Waals surface area contributed by atoms with Crippen molar-refractivity contribution in [2.24, 2.45) is 13.0 Å². The molecule has 9 heteroatoms. The highest BCUT2D eigenvalue weighted by Gasteiger charge is 2.43. The molecule has 1 aliphatic carbocycles. The second-order valence-corrected chi connectivity index (χ2v) is 9.61. The van der Waals surface area contributed by atoms with Crippen molar-refractivity contribution in [3.63, 3.8) is 0 Å². The topological polar surface area (TPSA) is 105 Å². The molecule has 2 fully saturated rings. The zero-order valence-corrected chi connectivity index (χ0v) is 18.8. The Balaban J connectivity index is 1.14. The van der Waals surface area contributed by atoms with E-state index in [4.69, 9.17) is 4.74 Å². The van der Waals surface area contributed by atoms with Crippen molar-refractivity contribution in [2.75, 3.05) is 19.6 Å². The van der Waals surface area contributed by atoms with Crippen molar-refractivity contribution in [1.29, 1.82) is 0 Å². The number of likely N-dealkylation sites (tertiary alicyclic amines) is 1. The molecule has 33 heavy (non-hydrogen) atoms. The number of H-pyrrole nitrogens is 1. The van der Waals surface area contributed by atoms with Crippen molar-refractivity contribution in [3.8, 4) is 0 Å². The van der Waals surface area contributed by atoms with Crippen molar-refractivity contribution in [1.82, 2.24) is 30.2 Å². The molecule has 3 aliphatic rings. The smallest absolute Gasteiger partial charge is 0.274 e. The fourth-order valence-electron chi connectivity index (χ4n) is 5.10. The summed E-state index contributed by atoms with van der Waals surface area (Å²) in [4.78, 5) is 27.7. The lowest BCUT2D eigenvalue weighted by molar-refractivity contribution is -0.0990. The summed E-state index contributed by atoms with van der Waals surface area (Å²) in [6, 6.07) is 7.69. The molecule has 172 valence electrons. The predicted octanol–water partition coefficient (Wildman–Crippen LogP) is 2.18. The fourth-order valence-corrected chi connectivity index (χ4v) is 5.10. The van der Waals surface area contributed by atoms with Crippen LogP contribution >= 0.6 is 0 Å². The molecule has 1 saturated heterocycles. The lowest BCUT2D eigenvalue weighted by Gasteiger charge is -2.43. The van der Waals surface area contributed by atoms with Crippen LogP contribution in [0.25, 0.3) is 10.9 Å². The zero-order chi connectivity index (χ0) is 22.6. The molecular formula is C24H28N6O3. The maximum absolute atomic E-state index is 13.1. The summed E-state index contributed by atoms with van der Waals surface area (Å²) in [5, 5.41) is 15.6. The van der Waals surface area contributed by atoms with E-state index in [1.165, 1.54) is 12.8 Å². The molecule has 9 nitrogen and oxygen atoms in total. The minimum Gasteiger partial charge on any atom is -0.370 e. The average molecular weight is 449 g/mol. The summed E-state index contributed by atoms with van der Waals surface area (Å²) in [5.41, 5.74) is 3.47. The highest BCUT2D eigenvalue weighted by Crippen LogP contribution is 2.37. The van der Waals surface area contributed by atoms with Gasteiger partial charge in [-0.1, -0.05) is 18.2 Å². The third-order valence-corrected chi connectivity index (χ3v) is 7.39. The molecule has 0 bridgehead atoms. The fraction of sp³-hybridized carbons (Fsp3) is 0.500. The first-order chi connectivity index (χ1) is 16.0. The number of aromatic amines is 1. The number of rotatable bonds is 4. The molecule has 4 heterocycles. The second kappa shape index (κ2) is 7.69. The Morgan fingerprint density at radius 2 is 2.00 bits per heavy atom. The van der Waals surface area contributed by atoms with E-state index in [-0.39, 0.29) is 17.4 Å². The van der Waals surface area contributed by atoms with E-state index in [1.807, 2.05) is 40.9 Å². The van der Waals surface area contributed by atoms with Gasteiger partial charge in [-0.3, -0.25) is 19.4 Å². The first-order valence-corrected chi connectivity index (χ1v) is 11.7. The molecule has 0 unspecified atom stereocenters. The molecule has 2 amide bonds. The number of aryl methyl sites for hydroxylation is 1. The van der Waals surface area contributed by atoms with Crippen LogP contribution in [0, 0.1) is 5.92 Å². The van der Waals surface area contributed by atoms with E-state index in [1.54, 1.807) is 0 Å². The third kappa shape index (κ3) is 3.60. The maximum atomic E-state index is 13.1. The number of carbonyl (C=O) groups excluding carboxylic acids is 2.